The maximum absolute atomic E-state index is 12.2. The lowest BCUT2D eigenvalue weighted by Crippen LogP contribution is -2.47. The molecule has 2 aromatic heterocycles. The number of fused-ring (bicyclic) bond motifs is 1. The van der Waals surface area contributed by atoms with Crippen LogP contribution in [0.2, 0.25) is 0 Å². The van der Waals surface area contributed by atoms with Gasteiger partial charge in [-0.1, -0.05) is 6.42 Å². The molecule has 144 valence electrons. The second-order valence-electron chi connectivity index (χ2n) is 7.77. The predicted octanol–water partition coefficient (Wildman–Crippen LogP) is 2.32. The molecule has 0 bridgehead atoms. The number of hydrogen-bond acceptors (Lipinski definition) is 6. The Hall–Kier alpha value is -2.96. The van der Waals surface area contributed by atoms with Crippen molar-refractivity contribution < 1.29 is 0 Å². The van der Waals surface area contributed by atoms with E-state index in [1.807, 2.05) is 18.2 Å². The number of aryl methyl sites for hydroxylation is 1. The summed E-state index contributed by atoms with van der Waals surface area (Å²) in [5.41, 5.74) is 3.06. The molecule has 7 nitrogen and oxygen atoms in total. The van der Waals surface area contributed by atoms with E-state index in [1.165, 1.54) is 29.5 Å². The molecule has 0 radical (unpaired) electrons. The van der Waals surface area contributed by atoms with Crippen LogP contribution in [0.15, 0.2) is 41.7 Å². The van der Waals surface area contributed by atoms with E-state index in [0.717, 1.165) is 43.2 Å². The number of benzene rings is 1. The quantitative estimate of drug-likeness (QED) is 0.699. The Morgan fingerprint density at radius 2 is 1.75 bits per heavy atom. The molecule has 1 saturated carbocycles. The van der Waals surface area contributed by atoms with Crippen molar-refractivity contribution in [1.82, 2.24) is 19.5 Å². The first-order valence-corrected chi connectivity index (χ1v) is 9.96. The van der Waals surface area contributed by atoms with Crippen molar-refractivity contribution in [2.24, 2.45) is 7.05 Å². The molecule has 3 heterocycles. The van der Waals surface area contributed by atoms with Crippen LogP contribution >= 0.6 is 0 Å². The Labute approximate surface area is 163 Å². The molecule has 3 aromatic rings. The first kappa shape index (κ1) is 17.2. The normalized spacial score (nSPS) is 17.8. The Balaban J connectivity index is 1.31. The highest BCUT2D eigenvalue weighted by molar-refractivity contribution is 5.81. The van der Waals surface area contributed by atoms with E-state index in [0.29, 0.717) is 11.3 Å². The fraction of sp³-hybridized carbons (Fsp3) is 0.429. The van der Waals surface area contributed by atoms with Crippen molar-refractivity contribution in [2.75, 3.05) is 36.0 Å². The molecule has 7 heteroatoms. The van der Waals surface area contributed by atoms with Gasteiger partial charge in [0.15, 0.2) is 0 Å². The van der Waals surface area contributed by atoms with Crippen molar-refractivity contribution in [1.29, 1.82) is 0 Å². The van der Waals surface area contributed by atoms with E-state index in [-0.39, 0.29) is 5.56 Å². The molecule has 1 aliphatic heterocycles. The summed E-state index contributed by atoms with van der Waals surface area (Å²) in [6, 6.07) is 8.11. The van der Waals surface area contributed by atoms with Gasteiger partial charge in [0, 0.05) is 56.6 Å². The van der Waals surface area contributed by atoms with Crippen LogP contribution < -0.4 is 15.4 Å². The topological polar surface area (TPSA) is 67.2 Å². The van der Waals surface area contributed by atoms with Crippen LogP contribution in [0, 0.1) is 0 Å². The lowest BCUT2D eigenvalue weighted by atomic mass is 9.83. The van der Waals surface area contributed by atoms with Crippen molar-refractivity contribution >= 4 is 22.4 Å². The number of piperazine rings is 1. The van der Waals surface area contributed by atoms with Gasteiger partial charge in [-0.05, 0) is 31.0 Å². The molecule has 2 fully saturated rings. The van der Waals surface area contributed by atoms with Gasteiger partial charge in [0.1, 0.15) is 12.1 Å². The van der Waals surface area contributed by atoms with Crippen LogP contribution in [-0.4, -0.2) is 45.7 Å². The standard InChI is InChI=1S/C21H24N6O/c1-25-14-24-19-11-16(5-6-17(19)21(25)28)26-7-9-27(10-8-26)20-12-18(22-13-23-20)15-3-2-4-15/h5-6,11-15H,2-4,7-10H2,1H3. The van der Waals surface area contributed by atoms with Gasteiger partial charge in [-0.15, -0.1) is 0 Å². The molecular formula is C21H24N6O. The summed E-state index contributed by atoms with van der Waals surface area (Å²) in [6.45, 7) is 3.67. The van der Waals surface area contributed by atoms with E-state index in [4.69, 9.17) is 0 Å². The Morgan fingerprint density at radius 1 is 0.964 bits per heavy atom. The monoisotopic (exact) mass is 376 g/mol. The molecule has 2 aliphatic rings. The van der Waals surface area contributed by atoms with Gasteiger partial charge in [-0.3, -0.25) is 4.79 Å². The summed E-state index contributed by atoms with van der Waals surface area (Å²) < 4.78 is 1.51. The first-order chi connectivity index (χ1) is 13.7. The lowest BCUT2D eigenvalue weighted by Gasteiger charge is -2.37. The highest BCUT2D eigenvalue weighted by Crippen LogP contribution is 2.36. The molecular weight excluding hydrogens is 352 g/mol. The summed E-state index contributed by atoms with van der Waals surface area (Å²) in [6.07, 6.45) is 7.12. The summed E-state index contributed by atoms with van der Waals surface area (Å²) >= 11 is 0. The average molecular weight is 376 g/mol. The number of aromatic nitrogens is 4. The van der Waals surface area contributed by atoms with Crippen molar-refractivity contribution in [3.8, 4) is 0 Å². The van der Waals surface area contributed by atoms with Crippen molar-refractivity contribution in [3.63, 3.8) is 0 Å². The zero-order chi connectivity index (χ0) is 19.1. The minimum atomic E-state index is -0.00704. The SMILES string of the molecule is Cn1cnc2cc(N3CCN(c4cc(C5CCC5)ncn4)CC3)ccc2c1=O. The molecule has 1 aliphatic carbocycles. The summed E-state index contributed by atoms with van der Waals surface area (Å²) in [4.78, 5) is 30.3. The second-order valence-corrected chi connectivity index (χ2v) is 7.77. The van der Waals surface area contributed by atoms with Crippen molar-refractivity contribution in [2.45, 2.75) is 25.2 Å². The van der Waals surface area contributed by atoms with Crippen LogP contribution in [0.1, 0.15) is 30.9 Å². The average Bonchev–Trinajstić information content (AvgIpc) is 2.70. The second kappa shape index (κ2) is 6.89. The van der Waals surface area contributed by atoms with Crippen LogP contribution in [-0.2, 0) is 7.05 Å². The third kappa shape index (κ3) is 3.00. The maximum atomic E-state index is 12.2. The first-order valence-electron chi connectivity index (χ1n) is 9.96. The van der Waals surface area contributed by atoms with Crippen LogP contribution in [0.3, 0.4) is 0 Å². The van der Waals surface area contributed by atoms with E-state index < -0.39 is 0 Å². The predicted molar refractivity (Wildman–Crippen MR) is 110 cm³/mol. The summed E-state index contributed by atoms with van der Waals surface area (Å²) in [5.74, 6) is 1.67. The molecule has 1 aromatic carbocycles. The van der Waals surface area contributed by atoms with Gasteiger partial charge < -0.3 is 14.4 Å². The van der Waals surface area contributed by atoms with E-state index in [2.05, 4.69) is 30.8 Å². The minimum Gasteiger partial charge on any atom is -0.368 e. The Morgan fingerprint density at radius 3 is 2.50 bits per heavy atom. The third-order valence-corrected chi connectivity index (χ3v) is 6.07. The van der Waals surface area contributed by atoms with Crippen LogP contribution in [0.4, 0.5) is 11.5 Å². The molecule has 0 atom stereocenters. The van der Waals surface area contributed by atoms with Crippen LogP contribution in [0.25, 0.3) is 10.9 Å². The minimum absolute atomic E-state index is 0.00704. The number of nitrogens with zero attached hydrogens (tertiary/aromatic N) is 6. The third-order valence-electron chi connectivity index (χ3n) is 6.07. The molecule has 0 N–H and O–H groups in total. The van der Waals surface area contributed by atoms with Crippen LogP contribution in [0.5, 0.6) is 0 Å². The highest BCUT2D eigenvalue weighted by Gasteiger charge is 2.23. The molecule has 28 heavy (non-hydrogen) atoms. The summed E-state index contributed by atoms with van der Waals surface area (Å²) in [7, 11) is 1.73. The van der Waals surface area contributed by atoms with Gasteiger partial charge in [-0.25, -0.2) is 15.0 Å². The maximum Gasteiger partial charge on any atom is 0.260 e. The molecule has 5 rings (SSSR count). The molecule has 0 amide bonds. The van der Waals surface area contributed by atoms with Crippen molar-refractivity contribution in [3.05, 3.63) is 53.0 Å². The van der Waals surface area contributed by atoms with E-state index in [1.54, 1.807) is 19.7 Å². The van der Waals surface area contributed by atoms with Gasteiger partial charge in [0.05, 0.1) is 17.2 Å². The van der Waals surface area contributed by atoms with Gasteiger partial charge >= 0.3 is 0 Å². The Kier molecular flexibility index (Phi) is 4.22. The summed E-state index contributed by atoms with van der Waals surface area (Å²) in [5, 5.41) is 0.664. The number of anilines is 2. The number of rotatable bonds is 3. The van der Waals surface area contributed by atoms with Gasteiger partial charge in [0.2, 0.25) is 0 Å². The zero-order valence-electron chi connectivity index (χ0n) is 16.1. The molecule has 0 spiro atoms. The fourth-order valence-electron chi connectivity index (χ4n) is 4.05. The largest absolute Gasteiger partial charge is 0.368 e. The van der Waals surface area contributed by atoms with Gasteiger partial charge in [-0.2, -0.15) is 0 Å². The smallest absolute Gasteiger partial charge is 0.260 e. The Bertz CT molecular complexity index is 1070. The van der Waals surface area contributed by atoms with E-state index >= 15 is 0 Å². The number of hydrogen-bond donors (Lipinski definition) is 0. The van der Waals surface area contributed by atoms with E-state index in [9.17, 15) is 4.79 Å². The highest BCUT2D eigenvalue weighted by atomic mass is 16.1. The lowest BCUT2D eigenvalue weighted by molar-refractivity contribution is 0.410. The zero-order valence-corrected chi connectivity index (χ0v) is 16.1. The molecule has 1 saturated heterocycles. The fourth-order valence-corrected chi connectivity index (χ4v) is 4.05. The van der Waals surface area contributed by atoms with Gasteiger partial charge in [0.25, 0.3) is 5.56 Å². The molecule has 0 unspecified atom stereocenters.